The molecule has 0 saturated heterocycles. The van der Waals surface area contributed by atoms with Crippen molar-refractivity contribution in [2.45, 2.75) is 45.3 Å². The smallest absolute Gasteiger partial charge is 0.404 e. The number of hydrogen-bond acceptors (Lipinski definition) is 3. The van der Waals surface area contributed by atoms with Crippen molar-refractivity contribution in [1.82, 2.24) is 0 Å². The molecule has 1 fully saturated rings. The molecular weight excluding hydrogens is 338 g/mol. The minimum atomic E-state index is -0.721. The zero-order valence-electron chi connectivity index (χ0n) is 16.4. The second-order valence-corrected chi connectivity index (χ2v) is 8.49. The number of benzene rings is 2. The van der Waals surface area contributed by atoms with Gasteiger partial charge in [0.2, 0.25) is 0 Å². The summed E-state index contributed by atoms with van der Waals surface area (Å²) in [6, 6.07) is 20.4. The van der Waals surface area contributed by atoms with Gasteiger partial charge in [0.1, 0.15) is 6.10 Å². The molecule has 3 rings (SSSR count). The predicted molar refractivity (Wildman–Crippen MR) is 106 cm³/mol. The minimum absolute atomic E-state index is 0.237. The molecule has 1 amide bonds. The van der Waals surface area contributed by atoms with Gasteiger partial charge >= 0.3 is 6.09 Å². The summed E-state index contributed by atoms with van der Waals surface area (Å²) in [6.07, 6.45) is -0.114. The normalized spacial score (nSPS) is 22.9. The molecule has 2 aromatic carbocycles. The number of hydrogen-bond donors (Lipinski definition) is 1. The van der Waals surface area contributed by atoms with Crippen LogP contribution in [0.25, 0.3) is 0 Å². The van der Waals surface area contributed by atoms with E-state index < -0.39 is 6.09 Å². The van der Waals surface area contributed by atoms with Crippen molar-refractivity contribution in [2.75, 3.05) is 6.61 Å². The van der Waals surface area contributed by atoms with E-state index >= 15 is 0 Å². The van der Waals surface area contributed by atoms with Crippen LogP contribution >= 0.6 is 0 Å². The Hall–Kier alpha value is -2.33. The monoisotopic (exact) mass is 367 g/mol. The second kappa shape index (κ2) is 7.73. The number of ether oxygens (including phenoxy) is 2. The lowest BCUT2D eigenvalue weighted by molar-refractivity contribution is -0.000795. The number of amides is 1. The van der Waals surface area contributed by atoms with E-state index in [1.165, 1.54) is 5.56 Å². The molecule has 0 aliphatic heterocycles. The Morgan fingerprint density at radius 2 is 1.70 bits per heavy atom. The van der Waals surface area contributed by atoms with Gasteiger partial charge in [-0.2, -0.15) is 0 Å². The molecule has 1 aliphatic carbocycles. The van der Waals surface area contributed by atoms with Crippen LogP contribution in [0, 0.1) is 11.3 Å². The van der Waals surface area contributed by atoms with Crippen molar-refractivity contribution < 1.29 is 14.3 Å². The highest BCUT2D eigenvalue weighted by Gasteiger charge is 2.64. The molecule has 2 N–H and O–H groups in total. The number of primary amides is 1. The molecule has 27 heavy (non-hydrogen) atoms. The van der Waals surface area contributed by atoms with Gasteiger partial charge in [-0.3, -0.25) is 0 Å². The zero-order chi connectivity index (χ0) is 19.5. The van der Waals surface area contributed by atoms with Crippen molar-refractivity contribution in [3.63, 3.8) is 0 Å². The molecule has 0 bridgehead atoms. The van der Waals surface area contributed by atoms with E-state index in [4.69, 9.17) is 15.2 Å². The maximum atomic E-state index is 11.6. The van der Waals surface area contributed by atoms with E-state index in [1.54, 1.807) is 0 Å². The van der Waals surface area contributed by atoms with Gasteiger partial charge in [-0.1, -0.05) is 81.4 Å². The van der Waals surface area contributed by atoms with E-state index in [-0.39, 0.29) is 22.9 Å². The molecule has 0 radical (unpaired) electrons. The Labute approximate surface area is 161 Å². The molecule has 4 heteroatoms. The number of nitrogens with two attached hydrogens (primary N) is 1. The van der Waals surface area contributed by atoms with Gasteiger partial charge in [-0.25, -0.2) is 4.79 Å². The van der Waals surface area contributed by atoms with Gasteiger partial charge in [-0.05, 0) is 28.9 Å². The highest BCUT2D eigenvalue weighted by Crippen LogP contribution is 2.61. The lowest BCUT2D eigenvalue weighted by Gasteiger charge is -2.37. The first kappa shape index (κ1) is 19.4. The van der Waals surface area contributed by atoms with E-state index in [2.05, 4.69) is 45.0 Å². The Bertz CT molecular complexity index is 754. The lowest BCUT2D eigenvalue weighted by atomic mass is 9.74. The van der Waals surface area contributed by atoms with Crippen LogP contribution in [0.4, 0.5) is 4.79 Å². The third kappa shape index (κ3) is 4.33. The van der Waals surface area contributed by atoms with E-state index in [0.29, 0.717) is 13.2 Å². The fourth-order valence-corrected chi connectivity index (χ4v) is 4.19. The SMILES string of the molecule is CC(C)(C)C(OC(N)=O)[C@]1(c2ccccc2)C[C@H]1COCc1ccccc1. The molecule has 3 atom stereocenters. The first-order valence-electron chi connectivity index (χ1n) is 9.47. The van der Waals surface area contributed by atoms with Crippen molar-refractivity contribution in [2.24, 2.45) is 17.1 Å². The number of rotatable bonds is 7. The Morgan fingerprint density at radius 3 is 2.26 bits per heavy atom. The fraction of sp³-hybridized carbons (Fsp3) is 0.435. The molecule has 1 aliphatic rings. The summed E-state index contributed by atoms with van der Waals surface area (Å²) in [5.41, 5.74) is 7.26. The number of carbonyl (C=O) groups is 1. The quantitative estimate of drug-likeness (QED) is 0.773. The van der Waals surface area contributed by atoms with Crippen LogP contribution in [0.3, 0.4) is 0 Å². The van der Waals surface area contributed by atoms with Crippen LogP contribution in [0.1, 0.15) is 38.3 Å². The zero-order valence-corrected chi connectivity index (χ0v) is 16.4. The van der Waals surface area contributed by atoms with Crippen LogP contribution in [0.2, 0.25) is 0 Å². The van der Waals surface area contributed by atoms with Crippen molar-refractivity contribution in [3.05, 3.63) is 71.8 Å². The molecule has 4 nitrogen and oxygen atoms in total. The van der Waals surface area contributed by atoms with Crippen LogP contribution in [0.15, 0.2) is 60.7 Å². The Morgan fingerprint density at radius 1 is 1.11 bits per heavy atom. The highest BCUT2D eigenvalue weighted by molar-refractivity contribution is 5.65. The first-order valence-corrected chi connectivity index (χ1v) is 9.47. The highest BCUT2D eigenvalue weighted by atomic mass is 16.6. The van der Waals surface area contributed by atoms with E-state index in [0.717, 1.165) is 12.0 Å². The van der Waals surface area contributed by atoms with E-state index in [1.807, 2.05) is 36.4 Å². The van der Waals surface area contributed by atoms with Gasteiger partial charge in [0, 0.05) is 5.41 Å². The summed E-state index contributed by atoms with van der Waals surface area (Å²) in [6.45, 7) is 7.47. The molecule has 0 aromatic heterocycles. The lowest BCUT2D eigenvalue weighted by Crippen LogP contribution is -2.44. The third-order valence-corrected chi connectivity index (χ3v) is 5.38. The summed E-state index contributed by atoms with van der Waals surface area (Å²) < 4.78 is 11.7. The van der Waals surface area contributed by atoms with Gasteiger partial charge in [-0.15, -0.1) is 0 Å². The summed E-state index contributed by atoms with van der Waals surface area (Å²) in [5, 5.41) is 0. The molecular formula is C23H29NO3. The van der Waals surface area contributed by atoms with Gasteiger partial charge < -0.3 is 15.2 Å². The summed E-state index contributed by atoms with van der Waals surface area (Å²) >= 11 is 0. The molecule has 2 aromatic rings. The topological polar surface area (TPSA) is 61.5 Å². The third-order valence-electron chi connectivity index (χ3n) is 5.38. The molecule has 0 spiro atoms. The van der Waals surface area contributed by atoms with Crippen LogP contribution in [-0.2, 0) is 21.5 Å². The van der Waals surface area contributed by atoms with Gasteiger partial charge in [0.25, 0.3) is 0 Å². The van der Waals surface area contributed by atoms with Crippen molar-refractivity contribution in [3.8, 4) is 0 Å². The molecule has 144 valence electrons. The molecule has 1 unspecified atom stereocenters. The second-order valence-electron chi connectivity index (χ2n) is 8.49. The Balaban J connectivity index is 1.79. The standard InChI is InChI=1S/C23H29NO3/c1-22(2,3)20(27-21(24)25)23(18-12-8-5-9-13-18)14-19(23)16-26-15-17-10-6-4-7-11-17/h4-13,19-20H,14-16H2,1-3H3,(H2,24,25)/t19-,20?,23-/m0/s1. The maximum Gasteiger partial charge on any atom is 0.404 e. The van der Waals surface area contributed by atoms with Gasteiger partial charge in [0.05, 0.1) is 13.2 Å². The fourth-order valence-electron chi connectivity index (χ4n) is 4.19. The molecule has 1 saturated carbocycles. The van der Waals surface area contributed by atoms with Crippen LogP contribution in [-0.4, -0.2) is 18.8 Å². The minimum Gasteiger partial charge on any atom is -0.445 e. The summed E-state index contributed by atoms with van der Waals surface area (Å²) in [4.78, 5) is 11.6. The van der Waals surface area contributed by atoms with Gasteiger partial charge in [0.15, 0.2) is 0 Å². The summed E-state index contributed by atoms with van der Waals surface area (Å²) in [5.74, 6) is 0.284. The predicted octanol–water partition coefficient (Wildman–Crippen LogP) is 4.67. The first-order chi connectivity index (χ1) is 12.8. The average molecular weight is 367 g/mol. The van der Waals surface area contributed by atoms with E-state index in [9.17, 15) is 4.79 Å². The van der Waals surface area contributed by atoms with Crippen molar-refractivity contribution in [1.29, 1.82) is 0 Å². The van der Waals surface area contributed by atoms with Crippen molar-refractivity contribution >= 4 is 6.09 Å². The Kier molecular flexibility index (Phi) is 5.56. The van der Waals surface area contributed by atoms with Crippen LogP contribution < -0.4 is 5.73 Å². The van der Waals surface area contributed by atoms with Crippen LogP contribution in [0.5, 0.6) is 0 Å². The average Bonchev–Trinajstić information content (AvgIpc) is 3.35. The summed E-state index contributed by atoms with van der Waals surface area (Å²) in [7, 11) is 0. The number of carbonyl (C=O) groups excluding carboxylic acids is 1. The molecule has 0 heterocycles. The maximum absolute atomic E-state index is 11.6. The largest absolute Gasteiger partial charge is 0.445 e.